The van der Waals surface area contributed by atoms with Gasteiger partial charge in [-0.15, -0.1) is 10.2 Å². The van der Waals surface area contributed by atoms with Gasteiger partial charge in [0.2, 0.25) is 11.0 Å². The monoisotopic (exact) mass is 393 g/mol. The number of amides is 1. The second-order valence-electron chi connectivity index (χ2n) is 6.00. The Bertz CT molecular complexity index is 777. The number of thioether (sulfide) groups is 1. The predicted octanol–water partition coefficient (Wildman–Crippen LogP) is 3.92. The zero-order valence-electron chi connectivity index (χ0n) is 14.0. The molecule has 1 aliphatic rings. The van der Waals surface area contributed by atoms with Gasteiger partial charge < -0.3 is 10.6 Å². The van der Waals surface area contributed by atoms with Crippen molar-refractivity contribution in [1.29, 1.82) is 0 Å². The van der Waals surface area contributed by atoms with E-state index < -0.39 is 4.92 Å². The molecule has 1 aromatic heterocycles. The molecule has 0 saturated heterocycles. The lowest BCUT2D eigenvalue weighted by Gasteiger charge is -2.21. The van der Waals surface area contributed by atoms with Crippen LogP contribution in [0.25, 0.3) is 0 Å². The first-order valence-corrected chi connectivity index (χ1v) is 10.2. The Kier molecular flexibility index (Phi) is 6.40. The van der Waals surface area contributed by atoms with Crippen molar-refractivity contribution in [2.24, 2.45) is 0 Å². The molecule has 1 amide bonds. The molecule has 0 atom stereocenters. The first kappa shape index (κ1) is 18.6. The second-order valence-corrected chi connectivity index (χ2v) is 8.20. The fraction of sp³-hybridized carbons (Fsp3) is 0.438. The highest BCUT2D eigenvalue weighted by Gasteiger charge is 2.16. The molecule has 0 radical (unpaired) electrons. The van der Waals surface area contributed by atoms with Gasteiger partial charge in [-0.05, 0) is 18.9 Å². The second kappa shape index (κ2) is 8.95. The Morgan fingerprint density at radius 3 is 2.88 bits per heavy atom. The molecular weight excluding hydrogens is 374 g/mol. The molecule has 2 aromatic rings. The average Bonchev–Trinajstić information content (AvgIpc) is 3.08. The van der Waals surface area contributed by atoms with Crippen molar-refractivity contribution in [2.45, 2.75) is 42.5 Å². The fourth-order valence-electron chi connectivity index (χ4n) is 2.77. The number of benzene rings is 1. The molecule has 3 rings (SSSR count). The number of rotatable bonds is 7. The van der Waals surface area contributed by atoms with Gasteiger partial charge in [0, 0.05) is 23.9 Å². The van der Waals surface area contributed by atoms with E-state index in [1.54, 1.807) is 6.07 Å². The lowest BCUT2D eigenvalue weighted by molar-refractivity contribution is -0.384. The van der Waals surface area contributed by atoms with Crippen LogP contribution in [0.1, 0.15) is 32.1 Å². The number of hydrogen-bond acceptors (Lipinski definition) is 8. The number of non-ortho nitro benzene ring substituents is 1. The summed E-state index contributed by atoms with van der Waals surface area (Å²) in [5.41, 5.74) is 0.347. The molecule has 0 bridgehead atoms. The van der Waals surface area contributed by atoms with Crippen molar-refractivity contribution >= 4 is 45.5 Å². The summed E-state index contributed by atoms with van der Waals surface area (Å²) in [6.07, 6.45) is 6.11. The normalized spacial score (nSPS) is 14.8. The highest BCUT2D eigenvalue weighted by Crippen LogP contribution is 2.28. The lowest BCUT2D eigenvalue weighted by Crippen LogP contribution is -2.21. The van der Waals surface area contributed by atoms with Crippen molar-refractivity contribution in [1.82, 2.24) is 10.2 Å². The number of nitrogens with zero attached hydrogens (tertiary/aromatic N) is 3. The van der Waals surface area contributed by atoms with Gasteiger partial charge in [0.15, 0.2) is 4.34 Å². The van der Waals surface area contributed by atoms with E-state index in [-0.39, 0.29) is 17.3 Å². The Morgan fingerprint density at radius 1 is 1.31 bits per heavy atom. The zero-order chi connectivity index (χ0) is 18.4. The lowest BCUT2D eigenvalue weighted by atomic mass is 9.96. The standard InChI is InChI=1S/C16H19N5O3S2/c22-14(17-12-7-4-8-13(9-12)21(23)24)10-25-16-20-19-15(26-16)18-11-5-2-1-3-6-11/h4,7-9,11H,1-3,5-6,10H2,(H,17,22)(H,18,19). The van der Waals surface area contributed by atoms with Crippen molar-refractivity contribution in [3.8, 4) is 0 Å². The third-order valence-corrected chi connectivity index (χ3v) is 5.99. The SMILES string of the molecule is O=C(CSc1nnc(NC2CCCCC2)s1)Nc1cccc([N+](=O)[O-])c1. The van der Waals surface area contributed by atoms with E-state index in [1.807, 2.05) is 0 Å². The van der Waals surface area contributed by atoms with Gasteiger partial charge >= 0.3 is 0 Å². The van der Waals surface area contributed by atoms with Crippen molar-refractivity contribution in [3.05, 3.63) is 34.4 Å². The first-order valence-electron chi connectivity index (χ1n) is 8.37. The van der Waals surface area contributed by atoms with Crippen LogP contribution < -0.4 is 10.6 Å². The van der Waals surface area contributed by atoms with E-state index in [1.165, 1.54) is 60.6 Å². The van der Waals surface area contributed by atoms with Crippen molar-refractivity contribution in [3.63, 3.8) is 0 Å². The van der Waals surface area contributed by atoms with E-state index in [0.717, 1.165) is 22.3 Å². The van der Waals surface area contributed by atoms with Gasteiger partial charge in [-0.3, -0.25) is 14.9 Å². The summed E-state index contributed by atoms with van der Waals surface area (Å²) in [4.78, 5) is 22.3. The molecule has 10 heteroatoms. The Morgan fingerprint density at radius 2 is 2.12 bits per heavy atom. The third kappa shape index (κ3) is 5.40. The maximum atomic E-state index is 12.0. The zero-order valence-corrected chi connectivity index (χ0v) is 15.6. The Balaban J connectivity index is 1.47. The summed E-state index contributed by atoms with van der Waals surface area (Å²) < 4.78 is 0.720. The minimum absolute atomic E-state index is 0.0574. The number of carbonyl (C=O) groups excluding carboxylic acids is 1. The first-order chi connectivity index (χ1) is 12.6. The summed E-state index contributed by atoms with van der Waals surface area (Å²) in [5.74, 6) is -0.0757. The Hall–Kier alpha value is -2.20. The van der Waals surface area contributed by atoms with E-state index in [2.05, 4.69) is 20.8 Å². The van der Waals surface area contributed by atoms with E-state index >= 15 is 0 Å². The van der Waals surface area contributed by atoms with Crippen LogP contribution in [0.5, 0.6) is 0 Å². The topological polar surface area (TPSA) is 110 Å². The molecule has 1 heterocycles. The number of aromatic nitrogens is 2. The van der Waals surface area contributed by atoms with Crippen LogP contribution in [0.4, 0.5) is 16.5 Å². The number of nitro benzene ring substituents is 1. The van der Waals surface area contributed by atoms with Crippen molar-refractivity contribution in [2.75, 3.05) is 16.4 Å². The molecule has 138 valence electrons. The molecule has 2 N–H and O–H groups in total. The number of nitro groups is 1. The minimum atomic E-state index is -0.494. The van der Waals surface area contributed by atoms with E-state index in [9.17, 15) is 14.9 Å². The molecule has 8 nitrogen and oxygen atoms in total. The molecule has 1 fully saturated rings. The number of anilines is 2. The van der Waals surface area contributed by atoms with E-state index in [4.69, 9.17) is 0 Å². The number of hydrogen-bond donors (Lipinski definition) is 2. The Labute approximate surface area is 158 Å². The highest BCUT2D eigenvalue weighted by atomic mass is 32.2. The summed E-state index contributed by atoms with van der Waals surface area (Å²) in [6.45, 7) is 0. The molecular formula is C16H19N5O3S2. The van der Waals surface area contributed by atoms with Crippen LogP contribution in [0.2, 0.25) is 0 Å². The quantitative estimate of drug-likeness (QED) is 0.417. The third-order valence-electron chi connectivity index (χ3n) is 4.01. The average molecular weight is 393 g/mol. The highest BCUT2D eigenvalue weighted by molar-refractivity contribution is 8.01. The maximum Gasteiger partial charge on any atom is 0.271 e. The predicted molar refractivity (Wildman–Crippen MR) is 103 cm³/mol. The maximum absolute atomic E-state index is 12.0. The smallest absolute Gasteiger partial charge is 0.271 e. The van der Waals surface area contributed by atoms with Gasteiger partial charge in [-0.25, -0.2) is 0 Å². The summed E-state index contributed by atoms with van der Waals surface area (Å²) in [7, 11) is 0. The number of carbonyl (C=O) groups is 1. The molecule has 1 aromatic carbocycles. The molecule has 26 heavy (non-hydrogen) atoms. The fourth-order valence-corrected chi connectivity index (χ4v) is 4.40. The van der Waals surface area contributed by atoms with Gasteiger partial charge in [0.25, 0.3) is 5.69 Å². The van der Waals surface area contributed by atoms with Crippen LogP contribution in [0.15, 0.2) is 28.6 Å². The number of nitrogens with one attached hydrogen (secondary N) is 2. The van der Waals surface area contributed by atoms with Crippen LogP contribution in [-0.2, 0) is 4.79 Å². The van der Waals surface area contributed by atoms with Crippen LogP contribution in [-0.4, -0.2) is 32.8 Å². The van der Waals surface area contributed by atoms with Crippen LogP contribution >= 0.6 is 23.1 Å². The minimum Gasteiger partial charge on any atom is -0.357 e. The molecule has 0 unspecified atom stereocenters. The van der Waals surface area contributed by atoms with Crippen molar-refractivity contribution < 1.29 is 9.72 Å². The molecule has 1 saturated carbocycles. The van der Waals surface area contributed by atoms with Gasteiger partial charge in [0.05, 0.1) is 10.7 Å². The van der Waals surface area contributed by atoms with E-state index in [0.29, 0.717) is 11.7 Å². The van der Waals surface area contributed by atoms with Gasteiger partial charge in [0.1, 0.15) is 0 Å². The van der Waals surface area contributed by atoms with Gasteiger partial charge in [-0.2, -0.15) is 0 Å². The molecule has 0 aliphatic heterocycles. The molecule has 0 spiro atoms. The van der Waals surface area contributed by atoms with Gasteiger partial charge in [-0.1, -0.05) is 48.4 Å². The van der Waals surface area contributed by atoms with Crippen LogP contribution in [0.3, 0.4) is 0 Å². The largest absolute Gasteiger partial charge is 0.357 e. The van der Waals surface area contributed by atoms with Crippen LogP contribution in [0, 0.1) is 10.1 Å². The summed E-state index contributed by atoms with van der Waals surface area (Å²) in [6, 6.07) is 6.33. The molecule has 1 aliphatic carbocycles. The summed E-state index contributed by atoms with van der Waals surface area (Å²) in [5, 5.41) is 25.9. The summed E-state index contributed by atoms with van der Waals surface area (Å²) >= 11 is 2.74.